The number of carbonyl (C=O) groups excluding carboxylic acids is 1. The van der Waals surface area contributed by atoms with Gasteiger partial charge in [-0.25, -0.2) is 0 Å². The average Bonchev–Trinajstić information content (AvgIpc) is 2.75. The Balaban J connectivity index is 1.94. The van der Waals surface area contributed by atoms with E-state index in [4.69, 9.17) is 23.2 Å². The van der Waals surface area contributed by atoms with Crippen molar-refractivity contribution >= 4 is 52.1 Å². The van der Waals surface area contributed by atoms with Crippen LogP contribution in [0.5, 0.6) is 0 Å². The van der Waals surface area contributed by atoms with Crippen molar-refractivity contribution in [3.05, 3.63) is 50.6 Å². The number of rotatable bonds is 4. The van der Waals surface area contributed by atoms with Gasteiger partial charge in [0, 0.05) is 9.92 Å². The van der Waals surface area contributed by atoms with Crippen LogP contribution in [-0.2, 0) is 0 Å². The van der Waals surface area contributed by atoms with E-state index in [-0.39, 0.29) is 5.78 Å². The molecule has 2 rings (SSSR count). The predicted octanol–water partition coefficient (Wildman–Crippen LogP) is 5.03. The summed E-state index contributed by atoms with van der Waals surface area (Å²) in [4.78, 5) is 13.5. The highest BCUT2D eigenvalue weighted by Gasteiger charge is 2.09. The number of Topliss-reactive ketones (excluding diaryl/α,β-unsaturated/α-hetero) is 1. The number of thiophene rings is 1. The molecule has 0 atom stereocenters. The molecule has 88 valence electrons. The zero-order valence-corrected chi connectivity index (χ0v) is 11.8. The second-order valence-electron chi connectivity index (χ2n) is 3.27. The summed E-state index contributed by atoms with van der Waals surface area (Å²) in [5, 5.41) is 0.700. The minimum absolute atomic E-state index is 0.0989. The van der Waals surface area contributed by atoms with Gasteiger partial charge in [-0.15, -0.1) is 23.1 Å². The van der Waals surface area contributed by atoms with Crippen LogP contribution in [0.4, 0.5) is 0 Å². The van der Waals surface area contributed by atoms with Crippen LogP contribution in [0.15, 0.2) is 41.3 Å². The molecule has 0 radical (unpaired) electrons. The summed E-state index contributed by atoms with van der Waals surface area (Å²) in [6.45, 7) is 0. The highest BCUT2D eigenvalue weighted by Crippen LogP contribution is 2.25. The van der Waals surface area contributed by atoms with Crippen LogP contribution in [0.25, 0.3) is 0 Å². The lowest BCUT2D eigenvalue weighted by Gasteiger charge is -1.99. The van der Waals surface area contributed by atoms with Crippen LogP contribution >= 0.6 is 46.3 Å². The summed E-state index contributed by atoms with van der Waals surface area (Å²) in [7, 11) is 0. The molecule has 0 fully saturated rings. The van der Waals surface area contributed by atoms with Gasteiger partial charge in [-0.05, 0) is 36.4 Å². The minimum atomic E-state index is 0.0989. The third-order valence-corrected chi connectivity index (χ3v) is 4.57. The van der Waals surface area contributed by atoms with Crippen molar-refractivity contribution in [1.82, 2.24) is 0 Å². The van der Waals surface area contributed by atoms with Crippen molar-refractivity contribution in [2.24, 2.45) is 0 Å². The van der Waals surface area contributed by atoms with E-state index < -0.39 is 0 Å². The first-order chi connectivity index (χ1) is 8.15. The van der Waals surface area contributed by atoms with Crippen molar-refractivity contribution in [2.75, 3.05) is 5.75 Å². The standard InChI is InChI=1S/C12H8Cl2OS2/c13-8-1-3-9(4-2-8)16-7-10(15)11-5-6-12(14)17-11/h1-6H,7H2. The lowest BCUT2D eigenvalue weighted by Crippen LogP contribution is -1.98. The molecule has 0 saturated carbocycles. The van der Waals surface area contributed by atoms with Gasteiger partial charge in [-0.3, -0.25) is 4.79 Å². The van der Waals surface area contributed by atoms with E-state index in [1.807, 2.05) is 24.3 Å². The molecule has 0 saturated heterocycles. The minimum Gasteiger partial charge on any atom is -0.292 e. The lowest BCUT2D eigenvalue weighted by molar-refractivity contribution is 0.102. The summed E-state index contributed by atoms with van der Waals surface area (Å²) >= 11 is 14.4. The normalized spacial score (nSPS) is 10.5. The summed E-state index contributed by atoms with van der Waals surface area (Å²) in [5.41, 5.74) is 0. The van der Waals surface area contributed by atoms with Gasteiger partial charge in [-0.2, -0.15) is 0 Å². The van der Waals surface area contributed by atoms with Crippen molar-refractivity contribution in [2.45, 2.75) is 4.90 Å². The zero-order chi connectivity index (χ0) is 12.3. The maximum absolute atomic E-state index is 11.8. The number of halogens is 2. The average molecular weight is 303 g/mol. The second-order valence-corrected chi connectivity index (χ2v) is 6.47. The molecule has 0 aliphatic heterocycles. The van der Waals surface area contributed by atoms with Crippen LogP contribution in [-0.4, -0.2) is 11.5 Å². The first kappa shape index (κ1) is 13.0. The van der Waals surface area contributed by atoms with Gasteiger partial charge in [0.1, 0.15) is 0 Å². The van der Waals surface area contributed by atoms with Gasteiger partial charge in [0.05, 0.1) is 15.0 Å². The fraction of sp³-hybridized carbons (Fsp3) is 0.0833. The number of hydrogen-bond acceptors (Lipinski definition) is 3. The Bertz CT molecular complexity index is 520. The Kier molecular flexibility index (Phi) is 4.51. The van der Waals surface area contributed by atoms with E-state index in [9.17, 15) is 4.79 Å². The lowest BCUT2D eigenvalue weighted by atomic mass is 10.3. The molecule has 0 aliphatic rings. The molecule has 0 amide bonds. The second kappa shape index (κ2) is 5.91. The largest absolute Gasteiger partial charge is 0.292 e. The van der Waals surface area contributed by atoms with E-state index in [1.165, 1.54) is 23.1 Å². The van der Waals surface area contributed by atoms with E-state index in [0.29, 0.717) is 20.0 Å². The number of thioether (sulfide) groups is 1. The SMILES string of the molecule is O=C(CSc1ccc(Cl)cc1)c1ccc(Cl)s1. The molecule has 2 aromatic rings. The molecule has 0 spiro atoms. The Morgan fingerprint density at radius 1 is 1.12 bits per heavy atom. The molecular formula is C12H8Cl2OS2. The maximum Gasteiger partial charge on any atom is 0.183 e. The van der Waals surface area contributed by atoms with Crippen LogP contribution in [0.1, 0.15) is 9.67 Å². The third-order valence-electron chi connectivity index (χ3n) is 2.03. The van der Waals surface area contributed by atoms with Crippen LogP contribution in [0.2, 0.25) is 9.36 Å². The Morgan fingerprint density at radius 3 is 2.41 bits per heavy atom. The zero-order valence-electron chi connectivity index (χ0n) is 8.65. The quantitative estimate of drug-likeness (QED) is 0.582. The molecule has 1 heterocycles. The van der Waals surface area contributed by atoms with Gasteiger partial charge >= 0.3 is 0 Å². The topological polar surface area (TPSA) is 17.1 Å². The highest BCUT2D eigenvalue weighted by atomic mass is 35.5. The highest BCUT2D eigenvalue weighted by molar-refractivity contribution is 8.00. The predicted molar refractivity (Wildman–Crippen MR) is 75.8 cm³/mol. The summed E-state index contributed by atoms with van der Waals surface area (Å²) in [6.07, 6.45) is 0. The van der Waals surface area contributed by atoms with Crippen molar-refractivity contribution in [3.63, 3.8) is 0 Å². The Morgan fingerprint density at radius 2 is 1.82 bits per heavy atom. The first-order valence-corrected chi connectivity index (χ1v) is 7.38. The fourth-order valence-electron chi connectivity index (χ4n) is 1.21. The molecule has 0 aliphatic carbocycles. The smallest absolute Gasteiger partial charge is 0.183 e. The van der Waals surface area contributed by atoms with E-state index >= 15 is 0 Å². The summed E-state index contributed by atoms with van der Waals surface area (Å²) in [6, 6.07) is 10.9. The molecule has 1 aromatic carbocycles. The number of ketones is 1. The molecule has 0 unspecified atom stereocenters. The van der Waals surface area contributed by atoms with Crippen LogP contribution in [0, 0.1) is 0 Å². The molecule has 1 aromatic heterocycles. The van der Waals surface area contributed by atoms with E-state index in [0.717, 1.165) is 4.90 Å². The Hall–Kier alpha value is -0.480. The molecule has 1 nitrogen and oxygen atoms in total. The molecule has 17 heavy (non-hydrogen) atoms. The first-order valence-electron chi connectivity index (χ1n) is 4.82. The van der Waals surface area contributed by atoms with Crippen molar-refractivity contribution in [3.8, 4) is 0 Å². The summed E-state index contributed by atoms with van der Waals surface area (Å²) < 4.78 is 0.643. The monoisotopic (exact) mass is 302 g/mol. The van der Waals surface area contributed by atoms with E-state index in [2.05, 4.69) is 0 Å². The van der Waals surface area contributed by atoms with Crippen molar-refractivity contribution in [1.29, 1.82) is 0 Å². The number of hydrogen-bond donors (Lipinski definition) is 0. The van der Waals surface area contributed by atoms with Gasteiger partial charge < -0.3 is 0 Å². The van der Waals surface area contributed by atoms with Gasteiger partial charge in [0.15, 0.2) is 5.78 Å². The molecular weight excluding hydrogens is 295 g/mol. The maximum atomic E-state index is 11.8. The van der Waals surface area contributed by atoms with Crippen LogP contribution < -0.4 is 0 Å². The van der Waals surface area contributed by atoms with Gasteiger partial charge in [-0.1, -0.05) is 23.2 Å². The fourth-order valence-corrected chi connectivity index (χ4v) is 3.19. The molecule has 0 N–H and O–H groups in total. The van der Waals surface area contributed by atoms with E-state index in [1.54, 1.807) is 12.1 Å². The van der Waals surface area contributed by atoms with Gasteiger partial charge in [0.25, 0.3) is 0 Å². The molecule has 5 heteroatoms. The Labute approximate surface area is 118 Å². The third kappa shape index (κ3) is 3.75. The van der Waals surface area contributed by atoms with Crippen LogP contribution in [0.3, 0.4) is 0 Å². The van der Waals surface area contributed by atoms with Gasteiger partial charge in [0.2, 0.25) is 0 Å². The van der Waals surface area contributed by atoms with Crippen molar-refractivity contribution < 1.29 is 4.79 Å². The number of benzene rings is 1. The molecule has 0 bridgehead atoms. The summed E-state index contributed by atoms with van der Waals surface area (Å²) in [5.74, 6) is 0.514. The number of carbonyl (C=O) groups is 1.